The Bertz CT molecular complexity index is 899. The molecule has 0 aliphatic rings. The van der Waals surface area contributed by atoms with Crippen molar-refractivity contribution in [3.63, 3.8) is 0 Å². The van der Waals surface area contributed by atoms with Crippen LogP contribution in [0.3, 0.4) is 0 Å². The molecule has 1 atom stereocenters. The fourth-order valence-corrected chi connectivity index (χ4v) is 2.73. The molecule has 0 aliphatic carbocycles. The predicted molar refractivity (Wildman–Crippen MR) is 92.9 cm³/mol. The Hall–Kier alpha value is -2.95. The summed E-state index contributed by atoms with van der Waals surface area (Å²) >= 11 is 0. The molecule has 0 saturated carbocycles. The molecule has 1 aromatic heterocycles. The number of benzene rings is 2. The molecule has 2 aromatic carbocycles. The van der Waals surface area contributed by atoms with Gasteiger partial charge in [0, 0.05) is 29.1 Å². The van der Waals surface area contributed by atoms with Gasteiger partial charge in [-0.05, 0) is 49.2 Å². The number of carbonyl (C=O) groups excluding carboxylic acids is 2. The summed E-state index contributed by atoms with van der Waals surface area (Å²) in [6, 6.07) is 13.0. The second-order valence-electron chi connectivity index (χ2n) is 5.86. The van der Waals surface area contributed by atoms with Crippen molar-refractivity contribution >= 4 is 22.7 Å². The number of ether oxygens (including phenoxy) is 1. The van der Waals surface area contributed by atoms with Gasteiger partial charge in [-0.1, -0.05) is 18.2 Å². The zero-order valence-electron chi connectivity index (χ0n) is 13.8. The minimum atomic E-state index is -0.902. The number of rotatable bonds is 6. The smallest absolute Gasteiger partial charge is 0.306 e. The van der Waals surface area contributed by atoms with Crippen molar-refractivity contribution in [2.45, 2.75) is 25.9 Å². The maximum atomic E-state index is 12.9. The number of hydrogen-bond donors (Lipinski definition) is 1. The Labute approximate surface area is 144 Å². The average molecular weight is 339 g/mol. The number of Topliss-reactive ketones (excluding diaryl/α,β-unsaturated/α-hetero) is 1. The van der Waals surface area contributed by atoms with Gasteiger partial charge in [-0.2, -0.15) is 0 Å². The number of carbonyl (C=O) groups is 2. The molecule has 1 N–H and O–H groups in total. The minimum Gasteiger partial charge on any atom is -0.454 e. The molecule has 3 rings (SSSR count). The van der Waals surface area contributed by atoms with Crippen LogP contribution < -0.4 is 0 Å². The second kappa shape index (κ2) is 7.30. The Morgan fingerprint density at radius 2 is 1.84 bits per heavy atom. The van der Waals surface area contributed by atoms with E-state index in [0.717, 1.165) is 16.5 Å². The van der Waals surface area contributed by atoms with Gasteiger partial charge in [-0.15, -0.1) is 0 Å². The van der Waals surface area contributed by atoms with E-state index in [2.05, 4.69) is 4.98 Å². The van der Waals surface area contributed by atoms with Crippen LogP contribution in [0.25, 0.3) is 10.9 Å². The molecule has 0 bridgehead atoms. The summed E-state index contributed by atoms with van der Waals surface area (Å²) in [6.07, 6.45) is 1.69. The third-order valence-corrected chi connectivity index (χ3v) is 4.08. The van der Waals surface area contributed by atoms with Gasteiger partial charge >= 0.3 is 5.97 Å². The van der Waals surface area contributed by atoms with Gasteiger partial charge < -0.3 is 9.72 Å². The van der Waals surface area contributed by atoms with Crippen molar-refractivity contribution in [1.82, 2.24) is 4.98 Å². The number of aromatic nitrogens is 1. The largest absolute Gasteiger partial charge is 0.454 e. The van der Waals surface area contributed by atoms with Crippen molar-refractivity contribution in [2.24, 2.45) is 0 Å². The Balaban J connectivity index is 1.56. The first-order chi connectivity index (χ1) is 12.0. The van der Waals surface area contributed by atoms with Crippen molar-refractivity contribution in [3.05, 3.63) is 71.7 Å². The highest BCUT2D eigenvalue weighted by Gasteiger charge is 2.19. The first-order valence-corrected chi connectivity index (χ1v) is 8.09. The van der Waals surface area contributed by atoms with Crippen LogP contribution in [-0.2, 0) is 16.0 Å². The van der Waals surface area contributed by atoms with Crippen molar-refractivity contribution in [1.29, 1.82) is 0 Å². The Kier molecular flexibility index (Phi) is 4.93. The highest BCUT2D eigenvalue weighted by atomic mass is 19.1. The summed E-state index contributed by atoms with van der Waals surface area (Å²) in [4.78, 5) is 27.4. The molecule has 0 fully saturated rings. The molecule has 0 saturated heterocycles. The van der Waals surface area contributed by atoms with Crippen LogP contribution in [0.1, 0.15) is 29.3 Å². The van der Waals surface area contributed by atoms with Crippen LogP contribution in [0.4, 0.5) is 4.39 Å². The van der Waals surface area contributed by atoms with E-state index in [9.17, 15) is 14.0 Å². The van der Waals surface area contributed by atoms with E-state index in [1.165, 1.54) is 31.2 Å². The lowest BCUT2D eigenvalue weighted by molar-refractivity contribution is -0.146. The summed E-state index contributed by atoms with van der Waals surface area (Å²) in [5.74, 6) is -1.20. The first-order valence-electron chi connectivity index (χ1n) is 8.09. The molecule has 0 amide bonds. The van der Waals surface area contributed by atoms with E-state index < -0.39 is 17.9 Å². The molecular weight excluding hydrogens is 321 g/mol. The molecule has 0 aliphatic heterocycles. The summed E-state index contributed by atoms with van der Waals surface area (Å²) in [7, 11) is 0. The van der Waals surface area contributed by atoms with Crippen LogP contribution in [0.5, 0.6) is 0 Å². The van der Waals surface area contributed by atoms with Gasteiger partial charge in [-0.3, -0.25) is 9.59 Å². The lowest BCUT2D eigenvalue weighted by atomic mass is 10.1. The van der Waals surface area contributed by atoms with Crippen LogP contribution >= 0.6 is 0 Å². The molecule has 5 heteroatoms. The van der Waals surface area contributed by atoms with Crippen LogP contribution in [0.2, 0.25) is 0 Å². The first kappa shape index (κ1) is 16.9. The lowest BCUT2D eigenvalue weighted by Crippen LogP contribution is -2.24. The number of para-hydroxylation sites is 1. The van der Waals surface area contributed by atoms with Gasteiger partial charge in [0.1, 0.15) is 5.82 Å². The molecule has 4 nitrogen and oxygen atoms in total. The van der Waals surface area contributed by atoms with Gasteiger partial charge in [0.05, 0.1) is 0 Å². The highest BCUT2D eigenvalue weighted by molar-refractivity contribution is 6.00. The van der Waals surface area contributed by atoms with Gasteiger partial charge in [0.25, 0.3) is 0 Å². The summed E-state index contributed by atoms with van der Waals surface area (Å²) in [5.41, 5.74) is 2.37. The van der Waals surface area contributed by atoms with Crippen molar-refractivity contribution < 1.29 is 18.7 Å². The van der Waals surface area contributed by atoms with E-state index in [1.54, 1.807) is 0 Å². The van der Waals surface area contributed by atoms with E-state index in [-0.39, 0.29) is 12.2 Å². The number of aryl methyl sites for hydroxylation is 1. The van der Waals surface area contributed by atoms with Gasteiger partial charge in [-0.25, -0.2) is 4.39 Å². The van der Waals surface area contributed by atoms with Crippen LogP contribution in [0, 0.1) is 5.82 Å². The molecule has 3 aromatic rings. The van der Waals surface area contributed by atoms with E-state index >= 15 is 0 Å². The molecule has 25 heavy (non-hydrogen) atoms. The van der Waals surface area contributed by atoms with Crippen molar-refractivity contribution in [2.75, 3.05) is 0 Å². The summed E-state index contributed by atoms with van der Waals surface area (Å²) in [5, 5.41) is 1.07. The zero-order valence-corrected chi connectivity index (χ0v) is 13.8. The number of aromatic amines is 1. The molecule has 128 valence electrons. The number of esters is 1. The number of H-pyrrole nitrogens is 1. The second-order valence-corrected chi connectivity index (χ2v) is 5.86. The normalized spacial score (nSPS) is 12.1. The van der Waals surface area contributed by atoms with Gasteiger partial charge in [0.2, 0.25) is 5.78 Å². The molecular formula is C20H18FNO3. The van der Waals surface area contributed by atoms with Crippen molar-refractivity contribution in [3.8, 4) is 0 Å². The quantitative estimate of drug-likeness (QED) is 0.544. The number of halogens is 1. The SMILES string of the molecule is CC(OC(=O)CCc1c[nH]c2ccccc12)C(=O)c1ccc(F)cc1. The third-order valence-electron chi connectivity index (χ3n) is 4.08. The topological polar surface area (TPSA) is 59.2 Å². The molecule has 0 radical (unpaired) electrons. The third kappa shape index (κ3) is 3.94. The molecule has 1 unspecified atom stereocenters. The predicted octanol–water partition coefficient (Wildman–Crippen LogP) is 4.05. The summed E-state index contributed by atoms with van der Waals surface area (Å²) in [6.45, 7) is 1.52. The number of nitrogens with one attached hydrogen (secondary N) is 1. The Morgan fingerprint density at radius 3 is 2.60 bits per heavy atom. The fourth-order valence-electron chi connectivity index (χ4n) is 2.73. The lowest BCUT2D eigenvalue weighted by Gasteiger charge is -2.12. The minimum absolute atomic E-state index is 0.183. The fraction of sp³-hybridized carbons (Fsp3) is 0.200. The maximum absolute atomic E-state index is 12.9. The Morgan fingerprint density at radius 1 is 1.12 bits per heavy atom. The number of fused-ring (bicyclic) bond motifs is 1. The number of ketones is 1. The van der Waals surface area contributed by atoms with E-state index in [1.807, 2.05) is 30.5 Å². The molecule has 0 spiro atoms. The van der Waals surface area contributed by atoms with Gasteiger partial charge in [0.15, 0.2) is 6.10 Å². The standard InChI is InChI=1S/C20H18FNO3/c1-13(20(24)14-6-9-16(21)10-7-14)25-19(23)11-8-15-12-22-18-5-3-2-4-17(15)18/h2-7,9-10,12-13,22H,8,11H2,1H3. The number of hydrogen-bond acceptors (Lipinski definition) is 3. The van der Waals surface area contributed by atoms with Crippen LogP contribution in [0.15, 0.2) is 54.7 Å². The average Bonchev–Trinajstić information content (AvgIpc) is 3.03. The van der Waals surface area contributed by atoms with E-state index in [0.29, 0.717) is 12.0 Å². The monoisotopic (exact) mass is 339 g/mol. The molecule has 1 heterocycles. The summed E-state index contributed by atoms with van der Waals surface area (Å²) < 4.78 is 18.1. The van der Waals surface area contributed by atoms with E-state index in [4.69, 9.17) is 4.74 Å². The van der Waals surface area contributed by atoms with Crippen LogP contribution in [-0.4, -0.2) is 22.8 Å². The zero-order chi connectivity index (χ0) is 17.8. The highest BCUT2D eigenvalue weighted by Crippen LogP contribution is 2.19. The maximum Gasteiger partial charge on any atom is 0.306 e.